The van der Waals surface area contributed by atoms with Crippen molar-refractivity contribution in [2.45, 2.75) is 13.0 Å². The maximum absolute atomic E-state index is 11.6. The Morgan fingerprint density at radius 2 is 2.42 bits per heavy atom. The smallest absolute Gasteiger partial charge is 0.240 e. The molecule has 1 aliphatic heterocycles. The molecule has 108 valence electrons. The Morgan fingerprint density at radius 3 is 3.16 bits per heavy atom. The van der Waals surface area contributed by atoms with Gasteiger partial charge in [0.25, 0.3) is 0 Å². The van der Waals surface area contributed by atoms with Gasteiger partial charge in [-0.2, -0.15) is 0 Å². The van der Waals surface area contributed by atoms with Gasteiger partial charge in [-0.15, -0.1) is 12.4 Å². The van der Waals surface area contributed by atoms with Gasteiger partial charge in [0, 0.05) is 20.1 Å². The summed E-state index contributed by atoms with van der Waals surface area (Å²) < 4.78 is 10.2. The van der Waals surface area contributed by atoms with Crippen molar-refractivity contribution in [2.75, 3.05) is 38.7 Å². The number of nitrogens with one attached hydrogen (secondary N) is 2. The molecule has 2 N–H and O–H groups in total. The Hall–Kier alpha value is -0.730. The van der Waals surface area contributed by atoms with Gasteiger partial charge >= 0.3 is 0 Å². The number of anilines is 1. The number of fused-ring (bicyclic) bond motifs is 1. The fourth-order valence-electron chi connectivity index (χ4n) is 1.62. The first kappa shape index (κ1) is 16.3. The molecule has 0 aromatic carbocycles. The summed E-state index contributed by atoms with van der Waals surface area (Å²) in [6, 6.07) is 0. The monoisotopic (exact) mass is 307 g/mol. The highest BCUT2D eigenvalue weighted by atomic mass is 35.5. The van der Waals surface area contributed by atoms with E-state index in [1.807, 2.05) is 0 Å². The molecule has 0 saturated heterocycles. The van der Waals surface area contributed by atoms with Gasteiger partial charge in [0.2, 0.25) is 5.91 Å². The highest BCUT2D eigenvalue weighted by molar-refractivity contribution is 7.15. The lowest BCUT2D eigenvalue weighted by Gasteiger charge is -2.08. The lowest BCUT2D eigenvalue weighted by atomic mass is 10.2. The van der Waals surface area contributed by atoms with E-state index in [4.69, 9.17) is 9.47 Å². The third-order valence-corrected chi connectivity index (χ3v) is 3.50. The quantitative estimate of drug-likeness (QED) is 0.761. The Balaban J connectivity index is 0.00000180. The highest BCUT2D eigenvalue weighted by Crippen LogP contribution is 2.26. The average molecular weight is 308 g/mol. The van der Waals surface area contributed by atoms with Crippen LogP contribution in [0, 0.1) is 0 Å². The average Bonchev–Trinajstić information content (AvgIpc) is 2.76. The number of halogens is 1. The van der Waals surface area contributed by atoms with E-state index in [2.05, 4.69) is 15.6 Å². The second-order valence-electron chi connectivity index (χ2n) is 3.91. The molecular formula is C11H18ClN3O3S. The summed E-state index contributed by atoms with van der Waals surface area (Å²) in [5.41, 5.74) is 1.05. The summed E-state index contributed by atoms with van der Waals surface area (Å²) in [7, 11) is 1.63. The van der Waals surface area contributed by atoms with E-state index in [1.54, 1.807) is 7.11 Å². The summed E-state index contributed by atoms with van der Waals surface area (Å²) in [5, 5.41) is 6.43. The molecule has 0 radical (unpaired) electrons. The molecule has 0 bridgehead atoms. The van der Waals surface area contributed by atoms with Crippen LogP contribution in [-0.2, 0) is 27.3 Å². The fourth-order valence-corrected chi connectivity index (χ4v) is 2.58. The molecule has 0 spiro atoms. The third-order valence-electron chi connectivity index (χ3n) is 2.51. The highest BCUT2D eigenvalue weighted by Gasteiger charge is 2.16. The first-order valence-corrected chi connectivity index (χ1v) is 6.67. The molecule has 0 aliphatic carbocycles. The van der Waals surface area contributed by atoms with Crippen LogP contribution in [0.25, 0.3) is 0 Å². The zero-order chi connectivity index (χ0) is 12.8. The summed E-state index contributed by atoms with van der Waals surface area (Å²) in [4.78, 5) is 17.1. The largest absolute Gasteiger partial charge is 0.383 e. The maximum Gasteiger partial charge on any atom is 0.240 e. The van der Waals surface area contributed by atoms with E-state index >= 15 is 0 Å². The van der Waals surface area contributed by atoms with Crippen LogP contribution >= 0.6 is 23.7 Å². The first-order chi connectivity index (χ1) is 8.79. The number of carbonyl (C=O) groups excluding carboxylic acids is 1. The molecule has 6 nitrogen and oxygen atoms in total. The number of amides is 1. The van der Waals surface area contributed by atoms with Crippen LogP contribution in [0.2, 0.25) is 0 Å². The molecule has 0 atom stereocenters. The second-order valence-corrected chi connectivity index (χ2v) is 4.99. The molecule has 8 heteroatoms. The lowest BCUT2D eigenvalue weighted by molar-refractivity contribution is -0.115. The van der Waals surface area contributed by atoms with E-state index in [0.29, 0.717) is 31.5 Å². The number of thiazole rings is 1. The molecule has 1 aliphatic rings. The predicted octanol–water partition coefficient (Wildman–Crippen LogP) is 0.812. The van der Waals surface area contributed by atoms with E-state index in [0.717, 1.165) is 17.0 Å². The molecular weight excluding hydrogens is 290 g/mol. The summed E-state index contributed by atoms with van der Waals surface area (Å²) in [5.74, 6) is -0.0851. The molecule has 19 heavy (non-hydrogen) atoms. The van der Waals surface area contributed by atoms with Crippen molar-refractivity contribution in [2.24, 2.45) is 0 Å². The molecule has 2 rings (SSSR count). The SMILES string of the molecule is COCCNCC(=O)Nc1nc2c(s1)COCC2.Cl. The van der Waals surface area contributed by atoms with Crippen LogP contribution in [0.4, 0.5) is 5.13 Å². The molecule has 1 amide bonds. The van der Waals surface area contributed by atoms with E-state index in [-0.39, 0.29) is 24.9 Å². The van der Waals surface area contributed by atoms with Gasteiger partial charge in [0.05, 0.1) is 36.9 Å². The Labute approximate surface area is 122 Å². The van der Waals surface area contributed by atoms with E-state index in [9.17, 15) is 4.79 Å². The number of hydrogen-bond acceptors (Lipinski definition) is 6. The summed E-state index contributed by atoms with van der Waals surface area (Å²) in [6.07, 6.45) is 0.827. The van der Waals surface area contributed by atoms with Crippen molar-refractivity contribution in [3.63, 3.8) is 0 Å². The topological polar surface area (TPSA) is 72.5 Å². The normalized spacial score (nSPS) is 13.5. The van der Waals surface area contributed by atoms with Gasteiger partial charge in [0.1, 0.15) is 0 Å². The van der Waals surface area contributed by atoms with Crippen LogP contribution in [0.15, 0.2) is 0 Å². The van der Waals surface area contributed by atoms with Gasteiger partial charge in [-0.25, -0.2) is 4.98 Å². The Bertz CT molecular complexity index is 390. The van der Waals surface area contributed by atoms with Crippen molar-refractivity contribution in [3.8, 4) is 0 Å². The Kier molecular flexibility index (Phi) is 7.25. The van der Waals surface area contributed by atoms with Gasteiger partial charge in [-0.1, -0.05) is 11.3 Å². The van der Waals surface area contributed by atoms with E-state index in [1.165, 1.54) is 11.3 Å². The number of hydrogen-bond donors (Lipinski definition) is 2. The molecule has 1 aromatic heterocycles. The van der Waals surface area contributed by atoms with Crippen LogP contribution in [0.1, 0.15) is 10.6 Å². The minimum atomic E-state index is -0.0851. The Morgan fingerprint density at radius 1 is 1.58 bits per heavy atom. The molecule has 0 fully saturated rings. The molecule has 0 saturated carbocycles. The van der Waals surface area contributed by atoms with Crippen LogP contribution in [0.3, 0.4) is 0 Å². The van der Waals surface area contributed by atoms with Crippen molar-refractivity contribution in [1.82, 2.24) is 10.3 Å². The minimum Gasteiger partial charge on any atom is -0.383 e. The van der Waals surface area contributed by atoms with Crippen LogP contribution in [0.5, 0.6) is 0 Å². The third kappa shape index (κ3) is 5.04. The zero-order valence-corrected chi connectivity index (χ0v) is 12.4. The fraction of sp³-hybridized carbons (Fsp3) is 0.636. The van der Waals surface area contributed by atoms with Crippen LogP contribution < -0.4 is 10.6 Å². The molecule has 0 unspecified atom stereocenters. The number of carbonyl (C=O) groups is 1. The van der Waals surface area contributed by atoms with Crippen molar-refractivity contribution >= 4 is 34.8 Å². The summed E-state index contributed by atoms with van der Waals surface area (Å²) in [6.45, 7) is 2.84. The van der Waals surface area contributed by atoms with Crippen molar-refractivity contribution in [3.05, 3.63) is 10.6 Å². The van der Waals surface area contributed by atoms with Crippen molar-refractivity contribution in [1.29, 1.82) is 0 Å². The van der Waals surface area contributed by atoms with Gasteiger partial charge in [-0.3, -0.25) is 4.79 Å². The van der Waals surface area contributed by atoms with Gasteiger partial charge < -0.3 is 20.1 Å². The zero-order valence-electron chi connectivity index (χ0n) is 10.7. The van der Waals surface area contributed by atoms with Crippen molar-refractivity contribution < 1.29 is 14.3 Å². The minimum absolute atomic E-state index is 0. The van der Waals surface area contributed by atoms with Gasteiger partial charge in [0.15, 0.2) is 5.13 Å². The summed E-state index contributed by atoms with van der Waals surface area (Å²) >= 11 is 1.49. The number of rotatable bonds is 6. The van der Waals surface area contributed by atoms with E-state index < -0.39 is 0 Å². The lowest BCUT2D eigenvalue weighted by Crippen LogP contribution is -2.30. The number of aromatic nitrogens is 1. The second kappa shape index (κ2) is 8.44. The standard InChI is InChI=1S/C11H17N3O3S.ClH/c1-16-5-3-12-6-10(15)14-11-13-8-2-4-17-7-9(8)18-11;/h12H,2-7H2,1H3,(H,13,14,15);1H. The maximum atomic E-state index is 11.6. The van der Waals surface area contributed by atoms with Gasteiger partial charge in [-0.05, 0) is 0 Å². The molecule has 2 heterocycles. The number of ether oxygens (including phenoxy) is 2. The molecule has 1 aromatic rings. The predicted molar refractivity (Wildman–Crippen MR) is 76.1 cm³/mol. The van der Waals surface area contributed by atoms with Crippen LogP contribution in [-0.4, -0.2) is 44.3 Å². The number of nitrogens with zero attached hydrogens (tertiary/aromatic N) is 1. The number of methoxy groups -OCH3 is 1. The first-order valence-electron chi connectivity index (χ1n) is 5.85.